The van der Waals surface area contributed by atoms with Crippen molar-refractivity contribution in [1.82, 2.24) is 5.32 Å². The van der Waals surface area contributed by atoms with Crippen molar-refractivity contribution in [2.45, 2.75) is 25.5 Å². The van der Waals surface area contributed by atoms with Gasteiger partial charge in [0.15, 0.2) is 0 Å². The lowest BCUT2D eigenvalue weighted by Gasteiger charge is -2.16. The highest BCUT2D eigenvalue weighted by molar-refractivity contribution is 7.10. The third kappa shape index (κ3) is 2.94. The lowest BCUT2D eigenvalue weighted by molar-refractivity contribution is 0.223. The minimum atomic E-state index is 0.205. The van der Waals surface area contributed by atoms with E-state index in [9.17, 15) is 0 Å². The molecule has 0 bridgehead atoms. The molecule has 0 amide bonds. The number of hydrogen-bond donors (Lipinski definition) is 1. The van der Waals surface area contributed by atoms with E-state index in [4.69, 9.17) is 16.3 Å². The van der Waals surface area contributed by atoms with Crippen molar-refractivity contribution in [2.24, 2.45) is 0 Å². The van der Waals surface area contributed by atoms with Crippen LogP contribution in [0.25, 0.3) is 0 Å². The molecule has 19 heavy (non-hydrogen) atoms. The van der Waals surface area contributed by atoms with Gasteiger partial charge >= 0.3 is 0 Å². The van der Waals surface area contributed by atoms with Crippen LogP contribution in [0.15, 0.2) is 35.7 Å². The molecule has 1 aromatic carbocycles. The van der Waals surface area contributed by atoms with E-state index in [1.54, 1.807) is 11.3 Å². The Bertz CT molecular complexity index is 555. The molecule has 0 saturated heterocycles. The topological polar surface area (TPSA) is 21.3 Å². The van der Waals surface area contributed by atoms with Crippen LogP contribution in [0.5, 0.6) is 5.75 Å². The van der Waals surface area contributed by atoms with E-state index < -0.39 is 0 Å². The highest BCUT2D eigenvalue weighted by atomic mass is 35.5. The second-order valence-corrected chi connectivity index (χ2v) is 6.26. The van der Waals surface area contributed by atoms with E-state index >= 15 is 0 Å². The average Bonchev–Trinajstić information content (AvgIpc) is 3.04. The first-order chi connectivity index (χ1) is 9.22. The second kappa shape index (κ2) is 5.53. The fourth-order valence-corrected chi connectivity index (χ4v) is 3.30. The molecule has 0 saturated carbocycles. The molecule has 1 unspecified atom stereocenters. The van der Waals surface area contributed by atoms with Crippen LogP contribution < -0.4 is 10.1 Å². The van der Waals surface area contributed by atoms with Gasteiger partial charge in [0.05, 0.1) is 0 Å². The predicted molar refractivity (Wildman–Crippen MR) is 80.3 cm³/mol. The molecule has 0 spiro atoms. The summed E-state index contributed by atoms with van der Waals surface area (Å²) < 4.78 is 5.91. The van der Waals surface area contributed by atoms with Gasteiger partial charge in [-0.05, 0) is 42.1 Å². The lowest BCUT2D eigenvalue weighted by atomic mass is 10.1. The molecular formula is C15H16ClNOS. The van der Waals surface area contributed by atoms with Gasteiger partial charge < -0.3 is 10.1 Å². The van der Waals surface area contributed by atoms with Crippen molar-refractivity contribution in [1.29, 1.82) is 0 Å². The number of ether oxygens (including phenoxy) is 1. The van der Waals surface area contributed by atoms with Gasteiger partial charge in [-0.2, -0.15) is 0 Å². The molecule has 1 aliphatic heterocycles. The zero-order valence-electron chi connectivity index (χ0n) is 10.7. The van der Waals surface area contributed by atoms with Crippen LogP contribution in [-0.2, 0) is 6.42 Å². The molecule has 2 nitrogen and oxygen atoms in total. The van der Waals surface area contributed by atoms with E-state index in [0.29, 0.717) is 6.04 Å². The first-order valence-corrected chi connectivity index (χ1v) is 7.70. The molecule has 0 fully saturated rings. The normalized spacial score (nSPS) is 18.9. The SMILES string of the molecule is C[C@@H](NCC1Cc2cc(Cl)ccc2O1)c1cccs1. The Morgan fingerprint density at radius 2 is 2.37 bits per heavy atom. The van der Waals surface area contributed by atoms with Gasteiger partial charge in [-0.1, -0.05) is 17.7 Å². The highest BCUT2D eigenvalue weighted by Gasteiger charge is 2.23. The van der Waals surface area contributed by atoms with Gasteiger partial charge in [-0.25, -0.2) is 0 Å². The highest BCUT2D eigenvalue weighted by Crippen LogP contribution is 2.31. The van der Waals surface area contributed by atoms with Crippen LogP contribution in [0.3, 0.4) is 0 Å². The largest absolute Gasteiger partial charge is 0.488 e. The Morgan fingerprint density at radius 3 is 3.16 bits per heavy atom. The van der Waals surface area contributed by atoms with E-state index in [0.717, 1.165) is 23.7 Å². The molecule has 4 heteroatoms. The summed E-state index contributed by atoms with van der Waals surface area (Å²) in [4.78, 5) is 1.36. The van der Waals surface area contributed by atoms with Crippen LogP contribution in [-0.4, -0.2) is 12.6 Å². The van der Waals surface area contributed by atoms with Crippen molar-refractivity contribution < 1.29 is 4.74 Å². The van der Waals surface area contributed by atoms with Crippen molar-refractivity contribution in [3.63, 3.8) is 0 Å². The van der Waals surface area contributed by atoms with Crippen LogP contribution in [0.2, 0.25) is 5.02 Å². The Labute approximate surface area is 122 Å². The Kier molecular flexibility index (Phi) is 3.78. The third-order valence-corrected chi connectivity index (χ3v) is 4.68. The minimum Gasteiger partial charge on any atom is -0.488 e. The monoisotopic (exact) mass is 293 g/mol. The Hall–Kier alpha value is -1.03. The third-order valence-electron chi connectivity index (χ3n) is 3.39. The summed E-state index contributed by atoms with van der Waals surface area (Å²) in [6.07, 6.45) is 1.14. The summed E-state index contributed by atoms with van der Waals surface area (Å²) in [5.74, 6) is 0.972. The number of halogens is 1. The first-order valence-electron chi connectivity index (χ1n) is 6.44. The predicted octanol–water partition coefficient (Wildman–Crippen LogP) is 4.06. The Balaban J connectivity index is 1.56. The van der Waals surface area contributed by atoms with Gasteiger partial charge in [0.1, 0.15) is 11.9 Å². The minimum absolute atomic E-state index is 0.205. The molecule has 2 aromatic rings. The maximum Gasteiger partial charge on any atom is 0.123 e. The molecule has 1 aromatic heterocycles. The molecule has 1 aliphatic rings. The molecule has 0 aliphatic carbocycles. The smallest absolute Gasteiger partial charge is 0.123 e. The van der Waals surface area contributed by atoms with Gasteiger partial charge in [-0.3, -0.25) is 0 Å². The number of nitrogens with one attached hydrogen (secondary N) is 1. The number of hydrogen-bond acceptors (Lipinski definition) is 3. The zero-order chi connectivity index (χ0) is 13.2. The van der Waals surface area contributed by atoms with Crippen LogP contribution in [0.4, 0.5) is 0 Å². The molecule has 3 rings (SSSR count). The van der Waals surface area contributed by atoms with Crippen LogP contribution in [0, 0.1) is 0 Å². The fourth-order valence-electron chi connectivity index (χ4n) is 2.35. The standard InChI is InChI=1S/C15H16ClNOS/c1-10(15-3-2-6-19-15)17-9-13-8-11-7-12(16)4-5-14(11)18-13/h2-7,10,13,17H,8-9H2,1H3/t10-,13?/m1/s1. The van der Waals surface area contributed by atoms with Crippen molar-refractivity contribution in [3.8, 4) is 5.75 Å². The van der Waals surface area contributed by atoms with Gasteiger partial charge in [0.2, 0.25) is 0 Å². The Morgan fingerprint density at radius 1 is 1.47 bits per heavy atom. The van der Waals surface area contributed by atoms with Crippen molar-refractivity contribution >= 4 is 22.9 Å². The summed E-state index contributed by atoms with van der Waals surface area (Å²) >= 11 is 7.78. The number of fused-ring (bicyclic) bond motifs is 1. The van der Waals surface area contributed by atoms with Crippen LogP contribution >= 0.6 is 22.9 Å². The molecule has 2 heterocycles. The number of rotatable bonds is 4. The van der Waals surface area contributed by atoms with E-state index in [1.165, 1.54) is 10.4 Å². The molecule has 1 N–H and O–H groups in total. The summed E-state index contributed by atoms with van der Waals surface area (Å²) in [7, 11) is 0. The summed E-state index contributed by atoms with van der Waals surface area (Å²) in [6.45, 7) is 3.04. The lowest BCUT2D eigenvalue weighted by Crippen LogP contribution is -2.31. The van der Waals surface area contributed by atoms with Gasteiger partial charge in [0, 0.05) is 28.9 Å². The van der Waals surface area contributed by atoms with Crippen molar-refractivity contribution in [2.75, 3.05) is 6.54 Å². The second-order valence-electron chi connectivity index (χ2n) is 4.84. The summed E-state index contributed by atoms with van der Waals surface area (Å²) in [5.41, 5.74) is 1.21. The zero-order valence-corrected chi connectivity index (χ0v) is 12.3. The van der Waals surface area contributed by atoms with Gasteiger partial charge in [-0.15, -0.1) is 11.3 Å². The van der Waals surface area contributed by atoms with E-state index in [2.05, 4.69) is 29.8 Å². The van der Waals surface area contributed by atoms with Gasteiger partial charge in [0.25, 0.3) is 0 Å². The maximum absolute atomic E-state index is 6.00. The summed E-state index contributed by atoms with van der Waals surface area (Å²) in [5, 5.41) is 6.42. The average molecular weight is 294 g/mol. The first kappa shape index (κ1) is 13.0. The van der Waals surface area contributed by atoms with Crippen LogP contribution in [0.1, 0.15) is 23.4 Å². The molecular weight excluding hydrogens is 278 g/mol. The fraction of sp³-hybridized carbons (Fsp3) is 0.333. The van der Waals surface area contributed by atoms with E-state index in [1.807, 2.05) is 18.2 Å². The molecule has 0 radical (unpaired) electrons. The number of thiophene rings is 1. The summed E-state index contributed by atoms with van der Waals surface area (Å²) in [6, 6.07) is 10.5. The van der Waals surface area contributed by atoms with E-state index in [-0.39, 0.29) is 6.10 Å². The van der Waals surface area contributed by atoms with Crippen molar-refractivity contribution in [3.05, 3.63) is 51.2 Å². The number of benzene rings is 1. The maximum atomic E-state index is 6.00. The molecule has 2 atom stereocenters. The molecule has 100 valence electrons. The quantitative estimate of drug-likeness (QED) is 0.918.